The number of benzene rings is 1. The SMILES string of the molecule is CN=C(NCCCn1nc(C)cc1C)NCCN(C)c1ccccc1.I. The molecule has 0 aliphatic carbocycles. The molecule has 0 saturated carbocycles. The third kappa shape index (κ3) is 7.23. The molecule has 1 aromatic carbocycles. The number of nitrogens with zero attached hydrogens (tertiary/aromatic N) is 4. The quantitative estimate of drug-likeness (QED) is 0.270. The highest BCUT2D eigenvalue weighted by Crippen LogP contribution is 2.09. The van der Waals surface area contributed by atoms with E-state index in [0.29, 0.717) is 0 Å². The molecule has 0 aliphatic heterocycles. The highest BCUT2D eigenvalue weighted by molar-refractivity contribution is 14.0. The molecule has 2 rings (SSSR count). The van der Waals surface area contributed by atoms with Crippen LogP contribution in [-0.4, -0.2) is 49.5 Å². The summed E-state index contributed by atoms with van der Waals surface area (Å²) in [5.74, 6) is 0.842. The summed E-state index contributed by atoms with van der Waals surface area (Å²) in [6.45, 7) is 7.66. The highest BCUT2D eigenvalue weighted by Gasteiger charge is 2.02. The number of para-hydroxylation sites is 1. The Bertz CT molecular complexity index is 668. The fourth-order valence-corrected chi connectivity index (χ4v) is 2.71. The average molecular weight is 470 g/mol. The van der Waals surface area contributed by atoms with Gasteiger partial charge in [-0.2, -0.15) is 5.10 Å². The first-order valence-corrected chi connectivity index (χ1v) is 8.82. The summed E-state index contributed by atoms with van der Waals surface area (Å²) in [7, 11) is 3.90. The monoisotopic (exact) mass is 470 g/mol. The third-order valence-corrected chi connectivity index (χ3v) is 4.10. The second-order valence-corrected chi connectivity index (χ2v) is 6.19. The second-order valence-electron chi connectivity index (χ2n) is 6.19. The van der Waals surface area contributed by atoms with Crippen LogP contribution in [0.4, 0.5) is 5.69 Å². The van der Waals surface area contributed by atoms with Crippen molar-refractivity contribution in [3.05, 3.63) is 47.8 Å². The van der Waals surface area contributed by atoms with E-state index in [-0.39, 0.29) is 24.0 Å². The Morgan fingerprint density at radius 3 is 2.46 bits per heavy atom. The van der Waals surface area contributed by atoms with Crippen molar-refractivity contribution in [3.8, 4) is 0 Å². The molecular formula is C19H31IN6. The van der Waals surface area contributed by atoms with Crippen molar-refractivity contribution < 1.29 is 0 Å². The fourth-order valence-electron chi connectivity index (χ4n) is 2.71. The van der Waals surface area contributed by atoms with E-state index in [1.807, 2.05) is 13.0 Å². The molecule has 144 valence electrons. The molecule has 1 heterocycles. The van der Waals surface area contributed by atoms with Gasteiger partial charge in [-0.15, -0.1) is 24.0 Å². The van der Waals surface area contributed by atoms with E-state index in [4.69, 9.17) is 0 Å². The molecule has 2 N–H and O–H groups in total. The fraction of sp³-hybridized carbons (Fsp3) is 0.474. The maximum absolute atomic E-state index is 4.48. The molecule has 7 heteroatoms. The van der Waals surface area contributed by atoms with E-state index in [1.165, 1.54) is 11.4 Å². The second kappa shape index (κ2) is 11.8. The number of anilines is 1. The van der Waals surface area contributed by atoms with E-state index in [9.17, 15) is 0 Å². The van der Waals surface area contributed by atoms with Crippen molar-refractivity contribution in [1.29, 1.82) is 0 Å². The number of halogens is 1. The Kier molecular flexibility index (Phi) is 10.1. The predicted molar refractivity (Wildman–Crippen MR) is 121 cm³/mol. The van der Waals surface area contributed by atoms with Crippen LogP contribution in [0.15, 0.2) is 41.4 Å². The van der Waals surface area contributed by atoms with Crippen LogP contribution in [0.25, 0.3) is 0 Å². The number of aliphatic imine (C=N–C) groups is 1. The summed E-state index contributed by atoms with van der Waals surface area (Å²) in [6.07, 6.45) is 1.01. The largest absolute Gasteiger partial charge is 0.373 e. The highest BCUT2D eigenvalue weighted by atomic mass is 127. The van der Waals surface area contributed by atoms with E-state index in [1.54, 1.807) is 7.05 Å². The van der Waals surface area contributed by atoms with Gasteiger partial charge in [-0.25, -0.2) is 0 Å². The van der Waals surface area contributed by atoms with Crippen molar-refractivity contribution in [3.63, 3.8) is 0 Å². The van der Waals surface area contributed by atoms with Gasteiger partial charge in [0, 0.05) is 51.7 Å². The molecule has 6 nitrogen and oxygen atoms in total. The molecule has 0 atom stereocenters. The molecule has 0 fully saturated rings. The number of rotatable bonds is 8. The minimum Gasteiger partial charge on any atom is -0.373 e. The van der Waals surface area contributed by atoms with E-state index < -0.39 is 0 Å². The zero-order chi connectivity index (χ0) is 18.1. The van der Waals surface area contributed by atoms with Crippen molar-refractivity contribution >= 4 is 35.6 Å². The van der Waals surface area contributed by atoms with Crippen LogP contribution >= 0.6 is 24.0 Å². The summed E-state index contributed by atoms with van der Waals surface area (Å²) in [4.78, 5) is 6.50. The number of likely N-dealkylation sites (N-methyl/N-ethyl adjacent to an activating group) is 1. The summed E-state index contributed by atoms with van der Waals surface area (Å²) >= 11 is 0. The molecule has 2 aromatic rings. The molecule has 0 saturated heterocycles. The normalized spacial score (nSPS) is 11.0. The summed E-state index contributed by atoms with van der Waals surface area (Å²) in [5, 5.41) is 11.2. The first-order chi connectivity index (χ1) is 12.1. The Hall–Kier alpha value is -1.77. The Labute approximate surface area is 174 Å². The zero-order valence-corrected chi connectivity index (χ0v) is 18.5. The first-order valence-electron chi connectivity index (χ1n) is 8.82. The van der Waals surface area contributed by atoms with Gasteiger partial charge in [-0.3, -0.25) is 9.67 Å². The minimum absolute atomic E-state index is 0. The van der Waals surface area contributed by atoms with Crippen molar-refractivity contribution in [2.24, 2.45) is 4.99 Å². The predicted octanol–water partition coefficient (Wildman–Crippen LogP) is 2.81. The average Bonchev–Trinajstić information content (AvgIpc) is 2.95. The zero-order valence-electron chi connectivity index (χ0n) is 16.2. The lowest BCUT2D eigenvalue weighted by atomic mass is 10.3. The van der Waals surface area contributed by atoms with Crippen LogP contribution in [0.5, 0.6) is 0 Å². The number of aromatic nitrogens is 2. The number of hydrogen-bond acceptors (Lipinski definition) is 3. The molecule has 0 bridgehead atoms. The van der Waals surface area contributed by atoms with Crippen molar-refractivity contribution in [2.75, 3.05) is 38.6 Å². The van der Waals surface area contributed by atoms with Crippen molar-refractivity contribution in [1.82, 2.24) is 20.4 Å². The first kappa shape index (κ1) is 22.3. The molecule has 0 amide bonds. The van der Waals surface area contributed by atoms with Gasteiger partial charge >= 0.3 is 0 Å². The van der Waals surface area contributed by atoms with E-state index in [2.05, 4.69) is 74.6 Å². The Morgan fingerprint density at radius 2 is 1.85 bits per heavy atom. The number of aryl methyl sites for hydroxylation is 3. The van der Waals surface area contributed by atoms with Gasteiger partial charge in [0.1, 0.15) is 0 Å². The van der Waals surface area contributed by atoms with Crippen LogP contribution in [-0.2, 0) is 6.54 Å². The number of guanidine groups is 1. The van der Waals surface area contributed by atoms with E-state index >= 15 is 0 Å². The molecule has 0 radical (unpaired) electrons. The molecule has 0 aliphatic rings. The van der Waals surface area contributed by atoms with Crippen LogP contribution in [0.2, 0.25) is 0 Å². The maximum atomic E-state index is 4.48. The van der Waals surface area contributed by atoms with Gasteiger partial charge in [-0.1, -0.05) is 18.2 Å². The Balaban J connectivity index is 0.00000338. The lowest BCUT2D eigenvalue weighted by Crippen LogP contribution is -2.41. The van der Waals surface area contributed by atoms with Crippen molar-refractivity contribution in [2.45, 2.75) is 26.8 Å². The maximum Gasteiger partial charge on any atom is 0.191 e. The molecule has 0 spiro atoms. The number of hydrogen-bond donors (Lipinski definition) is 2. The van der Waals surface area contributed by atoms with Gasteiger partial charge in [0.15, 0.2) is 5.96 Å². The number of nitrogens with one attached hydrogen (secondary N) is 2. The van der Waals surface area contributed by atoms with Gasteiger partial charge < -0.3 is 15.5 Å². The standard InChI is InChI=1S/C19H30N6.HI/c1-16-15-17(2)25(23-16)13-8-11-21-19(20-3)22-12-14-24(4)18-9-6-5-7-10-18;/h5-7,9-10,15H,8,11-14H2,1-4H3,(H2,20,21,22);1H. The van der Waals surface area contributed by atoms with Gasteiger partial charge in [0.05, 0.1) is 5.69 Å². The van der Waals surface area contributed by atoms with Gasteiger partial charge in [0.2, 0.25) is 0 Å². The smallest absolute Gasteiger partial charge is 0.191 e. The molecule has 26 heavy (non-hydrogen) atoms. The summed E-state index contributed by atoms with van der Waals surface area (Å²) in [6, 6.07) is 12.5. The van der Waals surface area contributed by atoms with Crippen LogP contribution < -0.4 is 15.5 Å². The lowest BCUT2D eigenvalue weighted by Gasteiger charge is -2.20. The molecule has 0 unspecified atom stereocenters. The summed E-state index contributed by atoms with van der Waals surface area (Å²) < 4.78 is 2.06. The lowest BCUT2D eigenvalue weighted by molar-refractivity contribution is 0.555. The summed E-state index contributed by atoms with van der Waals surface area (Å²) in [5.41, 5.74) is 3.51. The molecule has 1 aromatic heterocycles. The Morgan fingerprint density at radius 1 is 1.15 bits per heavy atom. The van der Waals surface area contributed by atoms with Gasteiger partial charge in [-0.05, 0) is 38.5 Å². The van der Waals surface area contributed by atoms with Crippen LogP contribution in [0, 0.1) is 13.8 Å². The molecular weight excluding hydrogens is 439 g/mol. The van der Waals surface area contributed by atoms with Crippen LogP contribution in [0.3, 0.4) is 0 Å². The van der Waals surface area contributed by atoms with Crippen LogP contribution in [0.1, 0.15) is 17.8 Å². The third-order valence-electron chi connectivity index (χ3n) is 4.10. The topological polar surface area (TPSA) is 57.5 Å². The van der Waals surface area contributed by atoms with E-state index in [0.717, 1.165) is 44.3 Å². The minimum atomic E-state index is 0. The van der Waals surface area contributed by atoms with Gasteiger partial charge in [0.25, 0.3) is 0 Å².